The van der Waals surface area contributed by atoms with Crippen LogP contribution in [0.3, 0.4) is 0 Å². The number of carboxylic acids is 1. The largest absolute Gasteiger partial charge is 0.478 e. The topological polar surface area (TPSA) is 119 Å². The smallest absolute Gasteiger partial charge is 0.339 e. The van der Waals surface area contributed by atoms with Crippen molar-refractivity contribution in [3.05, 3.63) is 39.7 Å². The van der Waals surface area contributed by atoms with E-state index in [1.807, 2.05) is 13.8 Å². The molecule has 0 spiro atoms. The number of aromatic carboxylic acids is 1. The molecule has 7 heteroatoms. The van der Waals surface area contributed by atoms with Gasteiger partial charge in [-0.05, 0) is 23.6 Å². The van der Waals surface area contributed by atoms with Crippen LogP contribution in [0.4, 0.5) is 5.82 Å². The van der Waals surface area contributed by atoms with E-state index in [9.17, 15) is 9.59 Å². The minimum absolute atomic E-state index is 0.0233. The molecule has 0 aliphatic carbocycles. The number of hydrogen-bond donors (Lipinski definition) is 2. The first-order valence-electron chi connectivity index (χ1n) is 6.64. The highest BCUT2D eigenvalue weighted by Crippen LogP contribution is 2.22. The molecule has 3 rings (SSSR count). The number of hydrogen-bond acceptors (Lipinski definition) is 6. The maximum Gasteiger partial charge on any atom is 0.339 e. The van der Waals surface area contributed by atoms with Crippen LogP contribution < -0.4 is 11.2 Å². The minimum atomic E-state index is -1.25. The molecule has 0 saturated heterocycles. The van der Waals surface area contributed by atoms with Crippen molar-refractivity contribution >= 4 is 34.0 Å². The maximum absolute atomic E-state index is 12.6. The van der Waals surface area contributed by atoms with Crippen molar-refractivity contribution in [2.24, 2.45) is 0 Å². The van der Waals surface area contributed by atoms with Crippen LogP contribution in [0, 0.1) is 0 Å². The molecule has 0 atom stereocenters. The highest BCUT2D eigenvalue weighted by Gasteiger charge is 2.17. The standard InChI is InChI=1S/C15H13N3O4/c1-6(2)7-3-8-11(19)9-4-10(15(20)21)12(16)18-14(9)22-13(8)17-5-7/h3-6H,1-2H3,(H2,16,18)(H,20,21). The van der Waals surface area contributed by atoms with Gasteiger partial charge in [0.05, 0.1) is 10.8 Å². The van der Waals surface area contributed by atoms with Gasteiger partial charge in [0.25, 0.3) is 0 Å². The van der Waals surface area contributed by atoms with Crippen molar-refractivity contribution in [3.63, 3.8) is 0 Å². The second-order valence-corrected chi connectivity index (χ2v) is 5.29. The molecule has 0 saturated carbocycles. The Morgan fingerprint density at radius 3 is 2.59 bits per heavy atom. The molecule has 0 bridgehead atoms. The molecule has 3 heterocycles. The van der Waals surface area contributed by atoms with Crippen LogP contribution >= 0.6 is 0 Å². The van der Waals surface area contributed by atoms with E-state index in [0.29, 0.717) is 5.39 Å². The number of nitrogen functional groups attached to an aromatic ring is 1. The summed E-state index contributed by atoms with van der Waals surface area (Å²) in [5.74, 6) is -1.26. The van der Waals surface area contributed by atoms with E-state index in [-0.39, 0.29) is 39.5 Å². The summed E-state index contributed by atoms with van der Waals surface area (Å²) in [7, 11) is 0. The Kier molecular flexibility index (Phi) is 3.05. The molecular formula is C15H13N3O4. The lowest BCUT2D eigenvalue weighted by Crippen LogP contribution is -2.10. The predicted molar refractivity (Wildman–Crippen MR) is 81.0 cm³/mol. The lowest BCUT2D eigenvalue weighted by molar-refractivity contribution is 0.0698. The molecule has 0 amide bonds. The van der Waals surface area contributed by atoms with Crippen molar-refractivity contribution in [1.82, 2.24) is 9.97 Å². The van der Waals surface area contributed by atoms with Crippen LogP contribution in [-0.2, 0) is 0 Å². The van der Waals surface area contributed by atoms with Gasteiger partial charge in [0.2, 0.25) is 16.9 Å². The van der Waals surface area contributed by atoms with Crippen LogP contribution in [0.15, 0.2) is 27.5 Å². The van der Waals surface area contributed by atoms with Gasteiger partial charge >= 0.3 is 5.97 Å². The Morgan fingerprint density at radius 2 is 1.95 bits per heavy atom. The van der Waals surface area contributed by atoms with Crippen molar-refractivity contribution in [2.75, 3.05) is 5.73 Å². The second kappa shape index (κ2) is 4.80. The fourth-order valence-corrected chi connectivity index (χ4v) is 2.19. The van der Waals surface area contributed by atoms with Crippen LogP contribution in [0.1, 0.15) is 35.7 Å². The Morgan fingerprint density at radius 1 is 1.27 bits per heavy atom. The molecular weight excluding hydrogens is 286 g/mol. The first-order valence-corrected chi connectivity index (χ1v) is 6.64. The van der Waals surface area contributed by atoms with E-state index in [0.717, 1.165) is 5.56 Å². The fourth-order valence-electron chi connectivity index (χ4n) is 2.19. The third kappa shape index (κ3) is 2.07. The Bertz CT molecular complexity index is 976. The summed E-state index contributed by atoms with van der Waals surface area (Å²) in [5.41, 5.74) is 5.98. The van der Waals surface area contributed by atoms with Crippen LogP contribution in [0.5, 0.6) is 0 Å². The van der Waals surface area contributed by atoms with Gasteiger partial charge in [-0.3, -0.25) is 4.79 Å². The molecule has 0 aliphatic heterocycles. The van der Waals surface area contributed by atoms with Crippen LogP contribution in [-0.4, -0.2) is 21.0 Å². The average molecular weight is 299 g/mol. The summed E-state index contributed by atoms with van der Waals surface area (Å²) in [6.07, 6.45) is 1.64. The number of fused-ring (bicyclic) bond motifs is 2. The molecule has 0 aromatic carbocycles. The summed E-state index contributed by atoms with van der Waals surface area (Å²) in [5, 5.41) is 9.45. The quantitative estimate of drug-likeness (QED) is 0.695. The number of pyridine rings is 2. The Balaban J connectivity index is 2.43. The number of carboxylic acid groups (broad SMARTS) is 1. The van der Waals surface area contributed by atoms with Gasteiger partial charge in [0.15, 0.2) is 0 Å². The molecule has 112 valence electrons. The fraction of sp³-hybridized carbons (Fsp3) is 0.200. The third-order valence-electron chi connectivity index (χ3n) is 3.47. The monoisotopic (exact) mass is 299 g/mol. The normalized spacial score (nSPS) is 11.4. The van der Waals surface area contributed by atoms with Gasteiger partial charge in [-0.2, -0.15) is 4.98 Å². The predicted octanol–water partition coefficient (Wildman–Crippen LogP) is 2.14. The van der Waals surface area contributed by atoms with Gasteiger partial charge < -0.3 is 15.3 Å². The summed E-state index contributed by atoms with van der Waals surface area (Å²) >= 11 is 0. The SMILES string of the molecule is CC(C)c1cnc2oc3nc(N)c(C(=O)O)cc3c(=O)c2c1. The van der Waals surface area contributed by atoms with Crippen LogP contribution in [0.25, 0.3) is 22.2 Å². The average Bonchev–Trinajstić information content (AvgIpc) is 2.46. The lowest BCUT2D eigenvalue weighted by Gasteiger charge is -2.07. The van der Waals surface area contributed by atoms with Crippen molar-refractivity contribution < 1.29 is 14.3 Å². The van der Waals surface area contributed by atoms with E-state index in [4.69, 9.17) is 15.3 Å². The number of carbonyl (C=O) groups is 1. The zero-order valence-electron chi connectivity index (χ0n) is 12.0. The Labute approximate surface area is 124 Å². The lowest BCUT2D eigenvalue weighted by atomic mass is 10.0. The van der Waals surface area contributed by atoms with E-state index in [1.54, 1.807) is 12.3 Å². The molecule has 22 heavy (non-hydrogen) atoms. The first kappa shape index (κ1) is 14.0. The van der Waals surface area contributed by atoms with E-state index in [2.05, 4.69) is 9.97 Å². The zero-order valence-corrected chi connectivity index (χ0v) is 12.0. The van der Waals surface area contributed by atoms with Crippen molar-refractivity contribution in [3.8, 4) is 0 Å². The third-order valence-corrected chi connectivity index (χ3v) is 3.47. The summed E-state index contributed by atoms with van der Waals surface area (Å²) in [6.45, 7) is 3.96. The van der Waals surface area contributed by atoms with Crippen molar-refractivity contribution in [1.29, 1.82) is 0 Å². The summed E-state index contributed by atoms with van der Waals surface area (Å²) < 4.78 is 5.48. The van der Waals surface area contributed by atoms with Gasteiger partial charge in [0.1, 0.15) is 11.4 Å². The molecule has 0 radical (unpaired) electrons. The minimum Gasteiger partial charge on any atom is -0.478 e. The molecule has 7 nitrogen and oxygen atoms in total. The second-order valence-electron chi connectivity index (χ2n) is 5.29. The van der Waals surface area contributed by atoms with E-state index < -0.39 is 5.97 Å². The number of anilines is 1. The number of nitrogens with zero attached hydrogens (tertiary/aromatic N) is 2. The molecule has 3 N–H and O–H groups in total. The van der Waals surface area contributed by atoms with Gasteiger partial charge in [-0.1, -0.05) is 13.8 Å². The highest BCUT2D eigenvalue weighted by molar-refractivity contribution is 5.98. The summed E-state index contributed by atoms with van der Waals surface area (Å²) in [6, 6.07) is 2.89. The van der Waals surface area contributed by atoms with E-state index >= 15 is 0 Å². The summed E-state index contributed by atoms with van der Waals surface area (Å²) in [4.78, 5) is 31.7. The molecule has 0 fully saturated rings. The van der Waals surface area contributed by atoms with Gasteiger partial charge in [-0.25, -0.2) is 9.78 Å². The number of nitrogens with two attached hydrogens (primary N) is 1. The van der Waals surface area contributed by atoms with Gasteiger partial charge in [0, 0.05) is 6.20 Å². The number of rotatable bonds is 2. The first-order chi connectivity index (χ1) is 10.4. The van der Waals surface area contributed by atoms with Crippen molar-refractivity contribution in [2.45, 2.75) is 19.8 Å². The molecule has 0 unspecified atom stereocenters. The zero-order chi connectivity index (χ0) is 16.0. The molecule has 3 aromatic rings. The van der Waals surface area contributed by atoms with Gasteiger partial charge in [-0.15, -0.1) is 0 Å². The van der Waals surface area contributed by atoms with E-state index in [1.165, 1.54) is 6.07 Å². The molecule has 0 aliphatic rings. The number of aromatic nitrogens is 2. The Hall–Kier alpha value is -2.96. The highest BCUT2D eigenvalue weighted by atomic mass is 16.4. The maximum atomic E-state index is 12.6. The van der Waals surface area contributed by atoms with Crippen LogP contribution in [0.2, 0.25) is 0 Å². The molecule has 3 aromatic heterocycles.